The fourth-order valence-electron chi connectivity index (χ4n) is 4.05. The number of anilines is 1. The molecule has 0 aromatic heterocycles. The van der Waals surface area contributed by atoms with Gasteiger partial charge in [0.05, 0.1) is 11.1 Å². The SMILES string of the molecule is Cc1cccc(N2CCN(C(=O)CCCN3C(=O)c4ccc(Br)cc4C3=O)CC2)c1. The molecule has 0 aliphatic carbocycles. The van der Waals surface area contributed by atoms with Gasteiger partial charge in [-0.1, -0.05) is 28.1 Å². The lowest BCUT2D eigenvalue weighted by Crippen LogP contribution is -2.48. The molecular weight excluding hydrogens is 446 g/mol. The van der Waals surface area contributed by atoms with Gasteiger partial charge in [-0.25, -0.2) is 0 Å². The van der Waals surface area contributed by atoms with E-state index in [2.05, 4.69) is 52.0 Å². The summed E-state index contributed by atoms with van der Waals surface area (Å²) in [5.41, 5.74) is 3.28. The molecule has 30 heavy (non-hydrogen) atoms. The molecule has 7 heteroatoms. The minimum absolute atomic E-state index is 0.0817. The minimum Gasteiger partial charge on any atom is -0.368 e. The summed E-state index contributed by atoms with van der Waals surface area (Å²) in [4.78, 5) is 43.0. The van der Waals surface area contributed by atoms with E-state index >= 15 is 0 Å². The normalized spacial score (nSPS) is 16.3. The highest BCUT2D eigenvalue weighted by Crippen LogP contribution is 2.26. The Bertz CT molecular complexity index is 999. The van der Waals surface area contributed by atoms with Crippen molar-refractivity contribution in [2.45, 2.75) is 19.8 Å². The van der Waals surface area contributed by atoms with Gasteiger partial charge < -0.3 is 9.80 Å². The lowest BCUT2D eigenvalue weighted by atomic mass is 10.1. The first-order valence-corrected chi connectivity index (χ1v) is 11.0. The molecule has 2 aliphatic heterocycles. The van der Waals surface area contributed by atoms with Gasteiger partial charge in [0.1, 0.15) is 0 Å². The third-order valence-electron chi connectivity index (χ3n) is 5.70. The number of fused-ring (bicyclic) bond motifs is 1. The fraction of sp³-hybridized carbons (Fsp3) is 0.348. The fourth-order valence-corrected chi connectivity index (χ4v) is 4.41. The monoisotopic (exact) mass is 469 g/mol. The van der Waals surface area contributed by atoms with Gasteiger partial charge in [0.15, 0.2) is 0 Å². The largest absolute Gasteiger partial charge is 0.368 e. The Hall–Kier alpha value is -2.67. The average molecular weight is 470 g/mol. The quantitative estimate of drug-likeness (QED) is 0.628. The maximum absolute atomic E-state index is 12.6. The maximum atomic E-state index is 12.6. The molecule has 0 atom stereocenters. The van der Waals surface area contributed by atoms with Crippen molar-refractivity contribution in [1.82, 2.24) is 9.80 Å². The molecule has 2 aromatic rings. The van der Waals surface area contributed by atoms with Crippen LogP contribution in [0.3, 0.4) is 0 Å². The molecule has 3 amide bonds. The van der Waals surface area contributed by atoms with E-state index in [9.17, 15) is 14.4 Å². The van der Waals surface area contributed by atoms with Crippen molar-refractivity contribution >= 4 is 39.3 Å². The van der Waals surface area contributed by atoms with E-state index in [0.29, 0.717) is 37.1 Å². The first kappa shape index (κ1) is 20.6. The third kappa shape index (κ3) is 4.12. The van der Waals surface area contributed by atoms with Crippen LogP contribution in [0.5, 0.6) is 0 Å². The number of rotatable bonds is 5. The van der Waals surface area contributed by atoms with Gasteiger partial charge in [-0.15, -0.1) is 0 Å². The van der Waals surface area contributed by atoms with Gasteiger partial charge in [0.2, 0.25) is 5.91 Å². The molecule has 1 saturated heterocycles. The average Bonchev–Trinajstić information content (AvgIpc) is 2.98. The van der Waals surface area contributed by atoms with E-state index in [0.717, 1.165) is 17.6 Å². The van der Waals surface area contributed by atoms with Crippen molar-refractivity contribution in [2.75, 3.05) is 37.6 Å². The van der Waals surface area contributed by atoms with Crippen LogP contribution in [-0.4, -0.2) is 60.2 Å². The Morgan fingerprint density at radius 3 is 2.43 bits per heavy atom. The summed E-state index contributed by atoms with van der Waals surface area (Å²) < 4.78 is 0.768. The molecule has 4 rings (SSSR count). The van der Waals surface area contributed by atoms with Crippen LogP contribution in [0, 0.1) is 6.92 Å². The molecule has 0 unspecified atom stereocenters. The Morgan fingerprint density at radius 1 is 0.967 bits per heavy atom. The van der Waals surface area contributed by atoms with Gasteiger partial charge in [-0.2, -0.15) is 0 Å². The van der Waals surface area contributed by atoms with E-state index in [4.69, 9.17) is 0 Å². The number of nitrogens with zero attached hydrogens (tertiary/aromatic N) is 3. The van der Waals surface area contributed by atoms with Crippen molar-refractivity contribution in [2.24, 2.45) is 0 Å². The summed E-state index contributed by atoms with van der Waals surface area (Å²) in [6, 6.07) is 13.5. The van der Waals surface area contributed by atoms with Crippen LogP contribution in [0.2, 0.25) is 0 Å². The predicted molar refractivity (Wildman–Crippen MR) is 119 cm³/mol. The summed E-state index contributed by atoms with van der Waals surface area (Å²) in [6.45, 7) is 5.34. The van der Waals surface area contributed by atoms with E-state index in [-0.39, 0.29) is 24.3 Å². The number of hydrogen-bond acceptors (Lipinski definition) is 4. The van der Waals surface area contributed by atoms with Crippen molar-refractivity contribution in [3.63, 3.8) is 0 Å². The van der Waals surface area contributed by atoms with E-state index in [1.807, 2.05) is 4.90 Å². The Labute approximate surface area is 184 Å². The molecule has 0 spiro atoms. The zero-order valence-corrected chi connectivity index (χ0v) is 18.5. The van der Waals surface area contributed by atoms with Crippen molar-refractivity contribution in [3.05, 3.63) is 63.6 Å². The van der Waals surface area contributed by atoms with Gasteiger partial charge in [0.25, 0.3) is 11.8 Å². The van der Waals surface area contributed by atoms with Gasteiger partial charge >= 0.3 is 0 Å². The van der Waals surface area contributed by atoms with E-state index in [1.54, 1.807) is 18.2 Å². The standard InChI is InChI=1S/C23H24BrN3O3/c1-16-4-2-5-18(14-16)25-10-12-26(13-11-25)21(28)6-3-9-27-22(29)19-8-7-17(24)15-20(19)23(27)30/h2,4-5,7-8,14-15H,3,6,9-13H2,1H3. The van der Waals surface area contributed by atoms with Crippen LogP contribution in [0.15, 0.2) is 46.9 Å². The molecular formula is C23H24BrN3O3. The second-order valence-electron chi connectivity index (χ2n) is 7.76. The lowest BCUT2D eigenvalue weighted by Gasteiger charge is -2.36. The molecule has 2 heterocycles. The Morgan fingerprint density at radius 2 is 1.70 bits per heavy atom. The highest BCUT2D eigenvalue weighted by atomic mass is 79.9. The smallest absolute Gasteiger partial charge is 0.261 e. The summed E-state index contributed by atoms with van der Waals surface area (Å²) in [6.07, 6.45) is 0.811. The van der Waals surface area contributed by atoms with Crippen LogP contribution in [0.4, 0.5) is 5.69 Å². The first-order chi connectivity index (χ1) is 14.4. The highest BCUT2D eigenvalue weighted by Gasteiger charge is 2.35. The second-order valence-corrected chi connectivity index (χ2v) is 8.68. The van der Waals surface area contributed by atoms with E-state index in [1.165, 1.54) is 16.2 Å². The number of carbonyl (C=O) groups excluding carboxylic acids is 3. The summed E-state index contributed by atoms with van der Waals surface area (Å²) in [5, 5.41) is 0. The zero-order valence-electron chi connectivity index (χ0n) is 16.9. The van der Waals surface area contributed by atoms with Crippen LogP contribution in [0.1, 0.15) is 39.1 Å². The van der Waals surface area contributed by atoms with Crippen LogP contribution in [0.25, 0.3) is 0 Å². The van der Waals surface area contributed by atoms with Crippen molar-refractivity contribution < 1.29 is 14.4 Å². The number of amides is 3. The number of imide groups is 1. The number of aryl methyl sites for hydroxylation is 1. The van der Waals surface area contributed by atoms with Crippen LogP contribution >= 0.6 is 15.9 Å². The highest BCUT2D eigenvalue weighted by molar-refractivity contribution is 9.10. The number of hydrogen-bond donors (Lipinski definition) is 0. The molecule has 0 bridgehead atoms. The third-order valence-corrected chi connectivity index (χ3v) is 6.20. The topological polar surface area (TPSA) is 60.9 Å². The lowest BCUT2D eigenvalue weighted by molar-refractivity contribution is -0.131. The molecule has 6 nitrogen and oxygen atoms in total. The summed E-state index contributed by atoms with van der Waals surface area (Å²) in [7, 11) is 0. The molecule has 1 fully saturated rings. The minimum atomic E-state index is -0.282. The van der Waals surface area contributed by atoms with Crippen LogP contribution in [-0.2, 0) is 4.79 Å². The molecule has 0 N–H and O–H groups in total. The molecule has 0 radical (unpaired) electrons. The Balaban J connectivity index is 1.26. The number of halogens is 1. The zero-order chi connectivity index (χ0) is 21.3. The molecule has 156 valence electrons. The maximum Gasteiger partial charge on any atom is 0.261 e. The number of piperazine rings is 1. The Kier molecular flexibility index (Phi) is 5.90. The van der Waals surface area contributed by atoms with Crippen molar-refractivity contribution in [1.29, 1.82) is 0 Å². The second kappa shape index (κ2) is 8.60. The van der Waals surface area contributed by atoms with Gasteiger partial charge in [-0.05, 0) is 49.2 Å². The summed E-state index contributed by atoms with van der Waals surface area (Å²) >= 11 is 3.33. The van der Waals surface area contributed by atoms with Gasteiger partial charge in [-0.3, -0.25) is 19.3 Å². The molecule has 2 aromatic carbocycles. The molecule has 2 aliphatic rings. The predicted octanol–water partition coefficient (Wildman–Crippen LogP) is 3.48. The van der Waals surface area contributed by atoms with Gasteiger partial charge in [0, 0.05) is 49.3 Å². The molecule has 0 saturated carbocycles. The van der Waals surface area contributed by atoms with Crippen LogP contribution < -0.4 is 4.90 Å². The first-order valence-electron chi connectivity index (χ1n) is 10.2. The van der Waals surface area contributed by atoms with E-state index < -0.39 is 0 Å². The number of benzene rings is 2. The summed E-state index contributed by atoms with van der Waals surface area (Å²) in [5.74, 6) is -0.476. The number of carbonyl (C=O) groups is 3. The van der Waals surface area contributed by atoms with Crippen molar-refractivity contribution in [3.8, 4) is 0 Å².